The maximum absolute atomic E-state index is 12.9. The third-order valence-corrected chi connectivity index (χ3v) is 4.64. The summed E-state index contributed by atoms with van der Waals surface area (Å²) < 4.78 is 5.46. The molecule has 2 unspecified atom stereocenters. The van der Waals surface area contributed by atoms with Crippen molar-refractivity contribution in [2.45, 2.75) is 18.9 Å². The van der Waals surface area contributed by atoms with Crippen LogP contribution in [0.5, 0.6) is 5.75 Å². The average molecular weight is 317 g/mol. The zero-order chi connectivity index (χ0) is 16.2. The highest BCUT2D eigenvalue weighted by Gasteiger charge is 2.35. The summed E-state index contributed by atoms with van der Waals surface area (Å²) in [5.41, 5.74) is 1.02. The molecular formula is C17H23N3O3. The molecule has 124 valence electrons. The molecule has 2 amide bonds. The van der Waals surface area contributed by atoms with Crippen LogP contribution in [0.25, 0.3) is 0 Å². The first kappa shape index (κ1) is 15.8. The lowest BCUT2D eigenvalue weighted by Gasteiger charge is -2.39. The fourth-order valence-corrected chi connectivity index (χ4v) is 3.37. The van der Waals surface area contributed by atoms with Gasteiger partial charge in [-0.3, -0.25) is 9.59 Å². The molecule has 6 nitrogen and oxygen atoms in total. The molecule has 1 aromatic rings. The van der Waals surface area contributed by atoms with Crippen molar-refractivity contribution in [1.29, 1.82) is 0 Å². The van der Waals surface area contributed by atoms with Crippen LogP contribution in [0.1, 0.15) is 24.4 Å². The molecule has 0 bridgehead atoms. The first-order valence-electron chi connectivity index (χ1n) is 8.11. The number of carbonyl (C=O) groups is 2. The SMILES string of the molecule is COc1ccccc1C1CNCCN1C(=O)C1CCC(=O)NC1. The number of amides is 2. The van der Waals surface area contributed by atoms with E-state index in [0.29, 0.717) is 32.5 Å². The van der Waals surface area contributed by atoms with Crippen molar-refractivity contribution in [2.24, 2.45) is 5.92 Å². The van der Waals surface area contributed by atoms with Gasteiger partial charge in [0.2, 0.25) is 11.8 Å². The van der Waals surface area contributed by atoms with Crippen molar-refractivity contribution >= 4 is 11.8 Å². The van der Waals surface area contributed by atoms with E-state index in [2.05, 4.69) is 10.6 Å². The molecule has 2 aliphatic rings. The Balaban J connectivity index is 1.81. The van der Waals surface area contributed by atoms with Crippen LogP contribution in [0.3, 0.4) is 0 Å². The molecule has 2 atom stereocenters. The number of piperazine rings is 1. The van der Waals surface area contributed by atoms with Gasteiger partial charge >= 0.3 is 0 Å². The summed E-state index contributed by atoms with van der Waals surface area (Å²) in [6.07, 6.45) is 1.06. The summed E-state index contributed by atoms with van der Waals surface area (Å²) in [6, 6.07) is 7.80. The fourth-order valence-electron chi connectivity index (χ4n) is 3.37. The molecule has 2 saturated heterocycles. The second-order valence-electron chi connectivity index (χ2n) is 6.03. The summed E-state index contributed by atoms with van der Waals surface area (Å²) in [7, 11) is 1.65. The molecule has 0 saturated carbocycles. The largest absolute Gasteiger partial charge is 0.496 e. The third-order valence-electron chi connectivity index (χ3n) is 4.64. The molecular weight excluding hydrogens is 294 g/mol. The number of piperidine rings is 1. The molecule has 23 heavy (non-hydrogen) atoms. The van der Waals surface area contributed by atoms with Gasteiger partial charge in [-0.05, 0) is 12.5 Å². The maximum atomic E-state index is 12.9. The van der Waals surface area contributed by atoms with Gasteiger partial charge in [-0.2, -0.15) is 0 Å². The van der Waals surface area contributed by atoms with E-state index in [1.807, 2.05) is 29.2 Å². The van der Waals surface area contributed by atoms with Crippen molar-refractivity contribution in [2.75, 3.05) is 33.3 Å². The zero-order valence-corrected chi connectivity index (χ0v) is 13.4. The van der Waals surface area contributed by atoms with Gasteiger partial charge in [-0.15, -0.1) is 0 Å². The second-order valence-corrected chi connectivity index (χ2v) is 6.03. The Labute approximate surface area is 136 Å². The summed E-state index contributed by atoms with van der Waals surface area (Å²) >= 11 is 0. The number of para-hydroxylation sites is 1. The highest BCUT2D eigenvalue weighted by molar-refractivity contribution is 5.84. The number of carbonyl (C=O) groups excluding carboxylic acids is 2. The Kier molecular flexibility index (Phi) is 4.81. The lowest BCUT2D eigenvalue weighted by Crippen LogP contribution is -2.52. The van der Waals surface area contributed by atoms with Crippen LogP contribution >= 0.6 is 0 Å². The number of ether oxygens (including phenoxy) is 1. The highest BCUT2D eigenvalue weighted by Crippen LogP contribution is 2.31. The Hall–Kier alpha value is -2.08. The van der Waals surface area contributed by atoms with Gasteiger partial charge < -0.3 is 20.3 Å². The Morgan fingerprint density at radius 3 is 2.87 bits per heavy atom. The number of hydrogen-bond donors (Lipinski definition) is 2. The number of nitrogens with zero attached hydrogens (tertiary/aromatic N) is 1. The smallest absolute Gasteiger partial charge is 0.228 e. The number of hydrogen-bond acceptors (Lipinski definition) is 4. The van der Waals surface area contributed by atoms with E-state index in [1.54, 1.807) is 7.11 Å². The van der Waals surface area contributed by atoms with Crippen molar-refractivity contribution in [3.05, 3.63) is 29.8 Å². The normalized spacial score (nSPS) is 24.9. The van der Waals surface area contributed by atoms with Crippen LogP contribution in [0.4, 0.5) is 0 Å². The molecule has 0 aromatic heterocycles. The predicted octanol–water partition coefficient (Wildman–Crippen LogP) is 0.694. The van der Waals surface area contributed by atoms with Crippen LogP contribution in [-0.4, -0.2) is 50.0 Å². The Morgan fingerprint density at radius 2 is 2.13 bits per heavy atom. The van der Waals surface area contributed by atoms with Crippen molar-refractivity contribution in [3.63, 3.8) is 0 Å². The summed E-state index contributed by atoms with van der Waals surface area (Å²) in [5.74, 6) is 0.844. The molecule has 0 spiro atoms. The number of nitrogens with one attached hydrogen (secondary N) is 2. The van der Waals surface area contributed by atoms with Gasteiger partial charge in [0.15, 0.2) is 0 Å². The maximum Gasteiger partial charge on any atom is 0.228 e. The average Bonchev–Trinajstić information content (AvgIpc) is 2.62. The topological polar surface area (TPSA) is 70.7 Å². The minimum Gasteiger partial charge on any atom is -0.496 e. The van der Waals surface area contributed by atoms with E-state index in [1.165, 1.54) is 0 Å². The molecule has 0 aliphatic carbocycles. The molecule has 6 heteroatoms. The minimum absolute atomic E-state index is 0.0370. The molecule has 3 rings (SSSR count). The summed E-state index contributed by atoms with van der Waals surface area (Å²) in [4.78, 5) is 26.2. The van der Waals surface area contributed by atoms with E-state index in [-0.39, 0.29) is 23.8 Å². The van der Waals surface area contributed by atoms with Crippen LogP contribution in [0.15, 0.2) is 24.3 Å². The van der Waals surface area contributed by atoms with Gasteiger partial charge in [0.25, 0.3) is 0 Å². The fraction of sp³-hybridized carbons (Fsp3) is 0.529. The Morgan fingerprint density at radius 1 is 1.30 bits per heavy atom. The molecule has 0 radical (unpaired) electrons. The van der Waals surface area contributed by atoms with Crippen molar-refractivity contribution in [3.8, 4) is 5.75 Å². The van der Waals surface area contributed by atoms with Gasteiger partial charge in [-0.25, -0.2) is 0 Å². The monoisotopic (exact) mass is 317 g/mol. The second kappa shape index (κ2) is 7.00. The first-order chi connectivity index (χ1) is 11.2. The molecule has 2 aliphatic heterocycles. The molecule has 2 heterocycles. The van der Waals surface area contributed by atoms with Crippen LogP contribution in [0, 0.1) is 5.92 Å². The van der Waals surface area contributed by atoms with Crippen molar-refractivity contribution in [1.82, 2.24) is 15.5 Å². The highest BCUT2D eigenvalue weighted by atomic mass is 16.5. The molecule has 2 fully saturated rings. The molecule has 2 N–H and O–H groups in total. The quantitative estimate of drug-likeness (QED) is 0.861. The standard InChI is InChI=1S/C17H23N3O3/c1-23-15-5-3-2-4-13(15)14-11-18-8-9-20(14)17(22)12-6-7-16(21)19-10-12/h2-5,12,14,18H,6-11H2,1H3,(H,19,21). The first-order valence-corrected chi connectivity index (χ1v) is 8.11. The van der Waals surface area contributed by atoms with E-state index < -0.39 is 0 Å². The lowest BCUT2D eigenvalue weighted by molar-refractivity contribution is -0.140. The van der Waals surface area contributed by atoms with E-state index in [0.717, 1.165) is 17.9 Å². The van der Waals surface area contributed by atoms with Crippen LogP contribution < -0.4 is 15.4 Å². The Bertz CT molecular complexity index is 580. The van der Waals surface area contributed by atoms with Gasteiger partial charge in [0.1, 0.15) is 5.75 Å². The van der Waals surface area contributed by atoms with Gasteiger partial charge in [0, 0.05) is 38.2 Å². The minimum atomic E-state index is -0.122. The lowest BCUT2D eigenvalue weighted by atomic mass is 9.94. The van der Waals surface area contributed by atoms with Crippen molar-refractivity contribution < 1.29 is 14.3 Å². The number of methoxy groups -OCH3 is 1. The van der Waals surface area contributed by atoms with Crippen LogP contribution in [-0.2, 0) is 9.59 Å². The summed E-state index contributed by atoms with van der Waals surface area (Å²) in [5, 5.41) is 6.16. The van der Waals surface area contributed by atoms with Gasteiger partial charge in [-0.1, -0.05) is 18.2 Å². The van der Waals surface area contributed by atoms with Gasteiger partial charge in [0.05, 0.1) is 19.1 Å². The van der Waals surface area contributed by atoms with E-state index >= 15 is 0 Å². The zero-order valence-electron chi connectivity index (χ0n) is 13.4. The van der Waals surface area contributed by atoms with E-state index in [9.17, 15) is 9.59 Å². The number of rotatable bonds is 3. The third kappa shape index (κ3) is 3.32. The van der Waals surface area contributed by atoms with Crippen LogP contribution in [0.2, 0.25) is 0 Å². The molecule has 1 aromatic carbocycles. The van der Waals surface area contributed by atoms with E-state index in [4.69, 9.17) is 4.74 Å². The number of benzene rings is 1. The summed E-state index contributed by atoms with van der Waals surface area (Å²) in [6.45, 7) is 2.62. The predicted molar refractivity (Wildman–Crippen MR) is 86.1 cm³/mol.